The lowest BCUT2D eigenvalue weighted by Gasteiger charge is -2.18. The van der Waals surface area contributed by atoms with Crippen molar-refractivity contribution in [2.45, 2.75) is 18.9 Å². The SMILES string of the molecule is O=C(C[C@@H](Cn1cccc1)c1ccc(Cl)cc1)Nc1ccc2cc[nH]c2c1. The summed E-state index contributed by atoms with van der Waals surface area (Å²) in [6.45, 7) is 0.734. The first-order valence-corrected chi connectivity index (χ1v) is 9.28. The van der Waals surface area contributed by atoms with E-state index in [1.165, 1.54) is 0 Å². The van der Waals surface area contributed by atoms with E-state index in [1.54, 1.807) is 0 Å². The highest BCUT2D eigenvalue weighted by molar-refractivity contribution is 6.30. The van der Waals surface area contributed by atoms with Crippen LogP contribution in [0, 0.1) is 0 Å². The molecule has 0 aliphatic carbocycles. The highest BCUT2D eigenvalue weighted by Gasteiger charge is 2.17. The van der Waals surface area contributed by atoms with Gasteiger partial charge < -0.3 is 14.9 Å². The molecule has 2 aromatic heterocycles. The standard InChI is InChI=1S/C22H20ClN3O/c23-19-6-3-16(4-7-19)18(15-26-11-1-2-12-26)13-22(27)25-20-8-5-17-9-10-24-21(17)14-20/h1-12,14,18,24H,13,15H2,(H,25,27)/t18-/m0/s1. The first-order valence-electron chi connectivity index (χ1n) is 8.90. The molecule has 0 saturated carbocycles. The van der Waals surface area contributed by atoms with Gasteiger partial charge in [0.15, 0.2) is 0 Å². The van der Waals surface area contributed by atoms with E-state index < -0.39 is 0 Å². The highest BCUT2D eigenvalue weighted by atomic mass is 35.5. The third-order valence-corrected chi connectivity index (χ3v) is 4.96. The van der Waals surface area contributed by atoms with E-state index in [1.807, 2.05) is 79.3 Å². The predicted octanol–water partition coefficient (Wildman–Crippen LogP) is 5.44. The van der Waals surface area contributed by atoms with Gasteiger partial charge in [-0.1, -0.05) is 29.8 Å². The molecular weight excluding hydrogens is 358 g/mol. The number of fused-ring (bicyclic) bond motifs is 1. The molecule has 0 unspecified atom stereocenters. The van der Waals surface area contributed by atoms with Crippen LogP contribution >= 0.6 is 11.6 Å². The third-order valence-electron chi connectivity index (χ3n) is 4.71. The summed E-state index contributed by atoms with van der Waals surface area (Å²) in [6, 6.07) is 19.6. The lowest BCUT2D eigenvalue weighted by Crippen LogP contribution is -2.18. The third kappa shape index (κ3) is 4.23. The van der Waals surface area contributed by atoms with E-state index in [0.717, 1.165) is 28.7 Å². The zero-order chi connectivity index (χ0) is 18.6. The van der Waals surface area contributed by atoms with E-state index in [2.05, 4.69) is 14.9 Å². The summed E-state index contributed by atoms with van der Waals surface area (Å²) in [4.78, 5) is 15.9. The molecule has 0 spiro atoms. The maximum Gasteiger partial charge on any atom is 0.225 e. The van der Waals surface area contributed by atoms with Gasteiger partial charge in [0.1, 0.15) is 0 Å². The Kier molecular flexibility index (Phi) is 4.99. The summed E-state index contributed by atoms with van der Waals surface area (Å²) in [7, 11) is 0. The number of aromatic nitrogens is 2. The summed E-state index contributed by atoms with van der Waals surface area (Å²) in [6.07, 6.45) is 6.31. The minimum Gasteiger partial charge on any atom is -0.361 e. The van der Waals surface area contributed by atoms with Crippen LogP contribution in [-0.4, -0.2) is 15.5 Å². The van der Waals surface area contributed by atoms with Gasteiger partial charge in [-0.3, -0.25) is 4.79 Å². The maximum absolute atomic E-state index is 12.7. The number of aromatic amines is 1. The average Bonchev–Trinajstić information content (AvgIpc) is 3.33. The number of carbonyl (C=O) groups is 1. The molecule has 1 atom stereocenters. The van der Waals surface area contributed by atoms with Crippen molar-refractivity contribution in [2.24, 2.45) is 0 Å². The second kappa shape index (κ2) is 7.72. The van der Waals surface area contributed by atoms with Crippen LogP contribution in [0.25, 0.3) is 10.9 Å². The molecule has 136 valence electrons. The molecule has 4 aromatic rings. The van der Waals surface area contributed by atoms with Crippen molar-refractivity contribution in [3.63, 3.8) is 0 Å². The molecule has 0 aliphatic heterocycles. The minimum atomic E-state index is -0.00647. The number of H-pyrrole nitrogens is 1. The number of rotatable bonds is 6. The molecule has 2 N–H and O–H groups in total. The van der Waals surface area contributed by atoms with Crippen molar-refractivity contribution in [3.05, 3.63) is 89.8 Å². The van der Waals surface area contributed by atoms with Gasteiger partial charge in [-0.25, -0.2) is 0 Å². The molecule has 0 radical (unpaired) electrons. The number of benzene rings is 2. The van der Waals surface area contributed by atoms with Crippen LogP contribution in [0.3, 0.4) is 0 Å². The first kappa shape index (κ1) is 17.4. The Bertz CT molecular complexity index is 1040. The van der Waals surface area contributed by atoms with E-state index in [4.69, 9.17) is 11.6 Å². The number of hydrogen-bond donors (Lipinski definition) is 2. The van der Waals surface area contributed by atoms with Gasteiger partial charge in [-0.2, -0.15) is 0 Å². The van der Waals surface area contributed by atoms with Gasteiger partial charge in [0.05, 0.1) is 0 Å². The molecule has 0 bridgehead atoms. The van der Waals surface area contributed by atoms with Crippen LogP contribution < -0.4 is 5.32 Å². The van der Waals surface area contributed by atoms with Crippen LogP contribution in [0.2, 0.25) is 5.02 Å². The summed E-state index contributed by atoms with van der Waals surface area (Å²) >= 11 is 6.02. The monoisotopic (exact) mass is 377 g/mol. The quantitative estimate of drug-likeness (QED) is 0.462. The van der Waals surface area contributed by atoms with Crippen molar-refractivity contribution in [1.82, 2.24) is 9.55 Å². The normalized spacial score (nSPS) is 12.2. The molecule has 4 nitrogen and oxygen atoms in total. The van der Waals surface area contributed by atoms with Crippen molar-refractivity contribution in [3.8, 4) is 0 Å². The van der Waals surface area contributed by atoms with Crippen molar-refractivity contribution in [1.29, 1.82) is 0 Å². The number of carbonyl (C=O) groups excluding carboxylic acids is 1. The molecular formula is C22H20ClN3O. The Hall–Kier alpha value is -2.98. The first-order chi connectivity index (χ1) is 13.2. The summed E-state index contributed by atoms with van der Waals surface area (Å²) in [5.74, 6) is 0.0527. The molecule has 0 fully saturated rings. The van der Waals surface area contributed by atoms with Crippen LogP contribution in [0.4, 0.5) is 5.69 Å². The summed E-state index contributed by atoms with van der Waals surface area (Å²) < 4.78 is 2.09. The lowest BCUT2D eigenvalue weighted by atomic mass is 9.95. The molecule has 1 amide bonds. The van der Waals surface area contributed by atoms with E-state index in [9.17, 15) is 4.79 Å². The predicted molar refractivity (Wildman–Crippen MR) is 110 cm³/mol. The van der Waals surface area contributed by atoms with Crippen LogP contribution in [-0.2, 0) is 11.3 Å². The summed E-state index contributed by atoms with van der Waals surface area (Å²) in [5.41, 5.74) is 2.91. The van der Waals surface area contributed by atoms with Gasteiger partial charge >= 0.3 is 0 Å². The Morgan fingerprint density at radius 3 is 2.63 bits per heavy atom. The molecule has 2 aromatic carbocycles. The second-order valence-corrected chi connectivity index (χ2v) is 7.10. The second-order valence-electron chi connectivity index (χ2n) is 6.66. The topological polar surface area (TPSA) is 49.8 Å². The summed E-state index contributed by atoms with van der Waals surface area (Å²) in [5, 5.41) is 4.84. The number of hydrogen-bond acceptors (Lipinski definition) is 1. The van der Waals surface area contributed by atoms with Crippen molar-refractivity contribution >= 4 is 34.1 Å². The molecule has 2 heterocycles. The van der Waals surface area contributed by atoms with Gasteiger partial charge in [0.2, 0.25) is 5.91 Å². The van der Waals surface area contributed by atoms with Gasteiger partial charge in [-0.05, 0) is 53.4 Å². The van der Waals surface area contributed by atoms with E-state index in [0.29, 0.717) is 11.4 Å². The molecule has 0 aliphatic rings. The van der Waals surface area contributed by atoms with Crippen LogP contribution in [0.15, 0.2) is 79.3 Å². The number of halogens is 1. The Morgan fingerprint density at radius 1 is 1.07 bits per heavy atom. The van der Waals surface area contributed by atoms with Gasteiger partial charge in [-0.15, -0.1) is 0 Å². The number of nitrogens with one attached hydrogen (secondary N) is 2. The number of nitrogens with zero attached hydrogens (tertiary/aromatic N) is 1. The van der Waals surface area contributed by atoms with Crippen molar-refractivity contribution in [2.75, 3.05) is 5.32 Å². The van der Waals surface area contributed by atoms with Gasteiger partial charge in [0.25, 0.3) is 0 Å². The average molecular weight is 378 g/mol. The maximum atomic E-state index is 12.7. The number of amides is 1. The molecule has 0 saturated heterocycles. The van der Waals surface area contributed by atoms with Gasteiger partial charge in [0, 0.05) is 53.7 Å². The zero-order valence-electron chi connectivity index (χ0n) is 14.7. The lowest BCUT2D eigenvalue weighted by molar-refractivity contribution is -0.116. The minimum absolute atomic E-state index is 0.00647. The fourth-order valence-corrected chi connectivity index (χ4v) is 3.46. The molecule has 5 heteroatoms. The largest absolute Gasteiger partial charge is 0.361 e. The Labute approximate surface area is 162 Å². The van der Waals surface area contributed by atoms with E-state index >= 15 is 0 Å². The van der Waals surface area contributed by atoms with Crippen LogP contribution in [0.1, 0.15) is 17.9 Å². The molecule has 4 rings (SSSR count). The van der Waals surface area contributed by atoms with Crippen LogP contribution in [0.5, 0.6) is 0 Å². The Balaban J connectivity index is 1.50. The fraction of sp³-hybridized carbons (Fsp3) is 0.136. The highest BCUT2D eigenvalue weighted by Crippen LogP contribution is 2.25. The number of anilines is 1. The molecule has 27 heavy (non-hydrogen) atoms. The van der Waals surface area contributed by atoms with Crippen molar-refractivity contribution < 1.29 is 4.79 Å². The smallest absolute Gasteiger partial charge is 0.225 e. The fourth-order valence-electron chi connectivity index (χ4n) is 3.33. The Morgan fingerprint density at radius 2 is 1.85 bits per heavy atom. The zero-order valence-corrected chi connectivity index (χ0v) is 15.5. The van der Waals surface area contributed by atoms with E-state index in [-0.39, 0.29) is 11.8 Å².